The molecule has 1 unspecified atom stereocenters. The van der Waals surface area contributed by atoms with Crippen molar-refractivity contribution in [1.29, 1.82) is 0 Å². The molecule has 1 atom stereocenters. The minimum atomic E-state index is -0.000948. The van der Waals surface area contributed by atoms with Crippen molar-refractivity contribution in [1.82, 2.24) is 10.3 Å². The van der Waals surface area contributed by atoms with Crippen LogP contribution in [-0.2, 0) is 6.42 Å². The Labute approximate surface area is 112 Å². The van der Waals surface area contributed by atoms with E-state index in [1.54, 1.807) is 17.8 Å². The summed E-state index contributed by atoms with van der Waals surface area (Å²) >= 11 is 1.77. The van der Waals surface area contributed by atoms with Gasteiger partial charge in [0.1, 0.15) is 0 Å². The Kier molecular flexibility index (Phi) is 4.91. The quantitative estimate of drug-likeness (QED) is 0.627. The molecule has 96 valence electrons. The number of terminal acetylenes is 1. The molecule has 1 heterocycles. The second-order valence-corrected chi connectivity index (χ2v) is 5.52. The number of pyridine rings is 1. The summed E-state index contributed by atoms with van der Waals surface area (Å²) < 4.78 is 0. The predicted molar refractivity (Wildman–Crippen MR) is 76.9 cm³/mol. The molecule has 0 aliphatic heterocycles. The molecule has 0 fully saturated rings. The molecule has 18 heavy (non-hydrogen) atoms. The second kappa shape index (κ2) is 6.67. The minimum Gasteiger partial charge on any atom is -0.326 e. The molecule has 1 aliphatic rings. The van der Waals surface area contributed by atoms with Crippen molar-refractivity contribution in [2.24, 2.45) is 0 Å². The molecule has 3 nitrogen and oxygen atoms in total. The Morgan fingerprint density at radius 1 is 1.56 bits per heavy atom. The van der Waals surface area contributed by atoms with Gasteiger partial charge in [-0.25, -0.2) is 0 Å². The van der Waals surface area contributed by atoms with Crippen molar-refractivity contribution in [3.05, 3.63) is 33.7 Å². The average Bonchev–Trinajstić information content (AvgIpc) is 2.38. The van der Waals surface area contributed by atoms with E-state index in [-0.39, 0.29) is 5.56 Å². The van der Waals surface area contributed by atoms with Gasteiger partial charge in [0.15, 0.2) is 0 Å². The van der Waals surface area contributed by atoms with Crippen LogP contribution in [0.4, 0.5) is 0 Å². The number of nitrogens with one attached hydrogen (secondary N) is 2. The first-order valence-electron chi connectivity index (χ1n) is 6.28. The summed E-state index contributed by atoms with van der Waals surface area (Å²) in [5, 5.41) is 3.54. The fourth-order valence-electron chi connectivity index (χ4n) is 2.35. The van der Waals surface area contributed by atoms with Crippen molar-refractivity contribution in [3.8, 4) is 12.3 Å². The standard InChI is InChI=1S/C14H18N2OS/c1-2-9-18-10-8-15-12-4-3-5-13-11(12)6-7-14(17)16-13/h1,6-7,12,15H,3-5,8-10H2,(H,16,17). The zero-order valence-corrected chi connectivity index (χ0v) is 11.2. The van der Waals surface area contributed by atoms with E-state index >= 15 is 0 Å². The lowest BCUT2D eigenvalue weighted by molar-refractivity contribution is 0.467. The molecule has 2 N–H and O–H groups in total. The molecule has 1 aromatic rings. The number of thioether (sulfide) groups is 1. The van der Waals surface area contributed by atoms with Gasteiger partial charge in [0.2, 0.25) is 5.56 Å². The van der Waals surface area contributed by atoms with E-state index in [1.165, 1.54) is 5.56 Å². The zero-order chi connectivity index (χ0) is 12.8. The summed E-state index contributed by atoms with van der Waals surface area (Å²) in [5.74, 6) is 4.42. The van der Waals surface area contributed by atoms with Crippen molar-refractivity contribution < 1.29 is 0 Å². The highest BCUT2D eigenvalue weighted by Crippen LogP contribution is 2.27. The molecule has 1 aromatic heterocycles. The summed E-state index contributed by atoms with van der Waals surface area (Å²) in [6.45, 7) is 0.954. The molecule has 0 amide bonds. The first-order valence-corrected chi connectivity index (χ1v) is 7.43. The van der Waals surface area contributed by atoms with Gasteiger partial charge in [0.25, 0.3) is 0 Å². The molecule has 0 spiro atoms. The van der Waals surface area contributed by atoms with Gasteiger partial charge < -0.3 is 10.3 Å². The summed E-state index contributed by atoms with van der Waals surface area (Å²) in [4.78, 5) is 14.2. The zero-order valence-electron chi connectivity index (χ0n) is 10.4. The van der Waals surface area contributed by atoms with E-state index in [0.29, 0.717) is 6.04 Å². The van der Waals surface area contributed by atoms with E-state index in [2.05, 4.69) is 16.2 Å². The first kappa shape index (κ1) is 13.3. The third kappa shape index (κ3) is 3.41. The van der Waals surface area contributed by atoms with Crippen LogP contribution in [0.1, 0.15) is 30.1 Å². The molecule has 0 aromatic carbocycles. The highest BCUT2D eigenvalue weighted by Gasteiger charge is 2.19. The van der Waals surface area contributed by atoms with Gasteiger partial charge >= 0.3 is 0 Å². The van der Waals surface area contributed by atoms with E-state index in [9.17, 15) is 4.79 Å². The van der Waals surface area contributed by atoms with Gasteiger partial charge in [-0.15, -0.1) is 18.2 Å². The number of aryl methyl sites for hydroxylation is 1. The van der Waals surface area contributed by atoms with Crippen LogP contribution in [-0.4, -0.2) is 23.0 Å². The molecule has 0 radical (unpaired) electrons. The predicted octanol–water partition coefficient (Wildman–Crippen LogP) is 1.71. The third-order valence-corrected chi connectivity index (χ3v) is 4.02. The number of hydrogen-bond donors (Lipinski definition) is 2. The van der Waals surface area contributed by atoms with Crippen molar-refractivity contribution in [2.75, 3.05) is 18.1 Å². The number of aromatic nitrogens is 1. The number of fused-ring (bicyclic) bond motifs is 1. The van der Waals surface area contributed by atoms with Crippen LogP contribution in [0.25, 0.3) is 0 Å². The maximum atomic E-state index is 11.3. The Bertz CT molecular complexity index is 489. The lowest BCUT2D eigenvalue weighted by Gasteiger charge is -2.25. The smallest absolute Gasteiger partial charge is 0.248 e. The van der Waals surface area contributed by atoms with Crippen LogP contribution in [0.15, 0.2) is 16.9 Å². The van der Waals surface area contributed by atoms with Crippen molar-refractivity contribution in [3.63, 3.8) is 0 Å². The fourth-order valence-corrected chi connectivity index (χ4v) is 2.87. The highest BCUT2D eigenvalue weighted by molar-refractivity contribution is 7.99. The van der Waals surface area contributed by atoms with Gasteiger partial charge in [-0.1, -0.05) is 12.0 Å². The minimum absolute atomic E-state index is 0.000948. The lowest BCUT2D eigenvalue weighted by atomic mass is 9.91. The topological polar surface area (TPSA) is 44.9 Å². The average molecular weight is 262 g/mol. The maximum Gasteiger partial charge on any atom is 0.248 e. The van der Waals surface area contributed by atoms with Crippen LogP contribution in [0, 0.1) is 12.3 Å². The molecule has 0 saturated heterocycles. The van der Waals surface area contributed by atoms with E-state index in [0.717, 1.165) is 43.0 Å². The molecule has 4 heteroatoms. The molecule has 1 aliphatic carbocycles. The number of H-pyrrole nitrogens is 1. The fraction of sp³-hybridized carbons (Fsp3) is 0.500. The van der Waals surface area contributed by atoms with Crippen LogP contribution in [0.5, 0.6) is 0 Å². The summed E-state index contributed by atoms with van der Waals surface area (Å²) in [5.41, 5.74) is 2.35. The SMILES string of the molecule is C#CCSCCNC1CCCc2[nH]c(=O)ccc21. The van der Waals surface area contributed by atoms with Crippen LogP contribution in [0.2, 0.25) is 0 Å². The van der Waals surface area contributed by atoms with Crippen molar-refractivity contribution >= 4 is 11.8 Å². The second-order valence-electron chi connectivity index (χ2n) is 4.41. The van der Waals surface area contributed by atoms with E-state index < -0.39 is 0 Å². The Balaban J connectivity index is 1.92. The molecule has 0 bridgehead atoms. The monoisotopic (exact) mass is 262 g/mol. The van der Waals surface area contributed by atoms with E-state index in [4.69, 9.17) is 6.42 Å². The Morgan fingerprint density at radius 2 is 2.44 bits per heavy atom. The normalized spacial score (nSPS) is 18.1. The highest BCUT2D eigenvalue weighted by atomic mass is 32.2. The largest absolute Gasteiger partial charge is 0.326 e. The Morgan fingerprint density at radius 3 is 3.28 bits per heavy atom. The first-order chi connectivity index (χ1) is 8.81. The summed E-state index contributed by atoms with van der Waals surface area (Å²) in [6, 6.07) is 3.95. The van der Waals surface area contributed by atoms with Crippen molar-refractivity contribution in [2.45, 2.75) is 25.3 Å². The lowest BCUT2D eigenvalue weighted by Crippen LogP contribution is -2.28. The number of rotatable bonds is 5. The summed E-state index contributed by atoms with van der Waals surface area (Å²) in [7, 11) is 0. The Hall–Kier alpha value is -1.18. The van der Waals surface area contributed by atoms with Gasteiger partial charge in [0.05, 0.1) is 5.75 Å². The van der Waals surface area contributed by atoms with Gasteiger partial charge in [-0.05, 0) is 24.8 Å². The molecule has 0 saturated carbocycles. The molecule has 2 rings (SSSR count). The van der Waals surface area contributed by atoms with Gasteiger partial charge in [-0.3, -0.25) is 4.79 Å². The number of aromatic amines is 1. The van der Waals surface area contributed by atoms with E-state index in [1.807, 2.05) is 6.07 Å². The third-order valence-electron chi connectivity index (χ3n) is 3.15. The van der Waals surface area contributed by atoms with Crippen LogP contribution >= 0.6 is 11.8 Å². The molecular weight excluding hydrogens is 244 g/mol. The number of hydrogen-bond acceptors (Lipinski definition) is 3. The van der Waals surface area contributed by atoms with Gasteiger partial charge in [-0.2, -0.15) is 0 Å². The maximum absolute atomic E-state index is 11.3. The van der Waals surface area contributed by atoms with Crippen LogP contribution < -0.4 is 10.9 Å². The molecular formula is C14H18N2OS. The van der Waals surface area contributed by atoms with Gasteiger partial charge in [0, 0.05) is 30.1 Å². The van der Waals surface area contributed by atoms with Crippen LogP contribution in [0.3, 0.4) is 0 Å². The summed E-state index contributed by atoms with van der Waals surface area (Å²) in [6.07, 6.45) is 8.45.